The van der Waals surface area contributed by atoms with E-state index < -0.39 is 6.10 Å². The summed E-state index contributed by atoms with van der Waals surface area (Å²) < 4.78 is 15.6. The van der Waals surface area contributed by atoms with Gasteiger partial charge < -0.3 is 19.1 Å². The summed E-state index contributed by atoms with van der Waals surface area (Å²) >= 11 is 0. The lowest BCUT2D eigenvalue weighted by Gasteiger charge is -2.07. The first-order valence-electron chi connectivity index (χ1n) is 6.91. The maximum absolute atomic E-state index is 9.77. The maximum Gasteiger partial charge on any atom is 0.229 e. The van der Waals surface area contributed by atoms with Crippen LogP contribution in [0.1, 0.15) is 25.7 Å². The van der Waals surface area contributed by atoms with Gasteiger partial charge in [-0.3, -0.25) is 0 Å². The van der Waals surface area contributed by atoms with E-state index in [2.05, 4.69) is 10.1 Å². The lowest BCUT2D eigenvalue weighted by atomic mass is 10.1. The van der Waals surface area contributed by atoms with Gasteiger partial charge in [0.1, 0.15) is 0 Å². The minimum Gasteiger partial charge on any atom is -0.493 e. The van der Waals surface area contributed by atoms with Crippen molar-refractivity contribution >= 4 is 0 Å². The molecule has 0 saturated carbocycles. The fourth-order valence-electron chi connectivity index (χ4n) is 2.07. The van der Waals surface area contributed by atoms with Crippen molar-refractivity contribution in [1.29, 1.82) is 0 Å². The van der Waals surface area contributed by atoms with Gasteiger partial charge >= 0.3 is 0 Å². The van der Waals surface area contributed by atoms with Crippen molar-refractivity contribution in [3.63, 3.8) is 0 Å². The predicted octanol–water partition coefficient (Wildman–Crippen LogP) is 2.46. The molecule has 0 aliphatic rings. The summed E-state index contributed by atoms with van der Waals surface area (Å²) in [4.78, 5) is 4.30. The number of aliphatic hydroxyl groups excluding tert-OH is 1. The van der Waals surface area contributed by atoms with Crippen LogP contribution in [0, 0.1) is 0 Å². The third-order valence-electron chi connectivity index (χ3n) is 3.14. The molecule has 0 radical (unpaired) electrons. The third kappa shape index (κ3) is 3.72. The molecule has 21 heavy (non-hydrogen) atoms. The van der Waals surface area contributed by atoms with E-state index in [9.17, 15) is 5.11 Å². The Labute approximate surface area is 123 Å². The molecule has 1 heterocycles. The second-order valence-electron chi connectivity index (χ2n) is 4.73. The molecule has 114 valence electrons. The van der Waals surface area contributed by atoms with Crippen LogP contribution in [-0.4, -0.2) is 35.6 Å². The Hall–Kier alpha value is -2.08. The number of benzene rings is 1. The Kier molecular flexibility index (Phi) is 5.16. The topological polar surface area (TPSA) is 77.6 Å². The van der Waals surface area contributed by atoms with Crippen molar-refractivity contribution in [2.45, 2.75) is 32.3 Å². The molecule has 6 heteroatoms. The lowest BCUT2D eigenvalue weighted by Crippen LogP contribution is -2.09. The molecule has 0 bridgehead atoms. The molecular weight excluding hydrogens is 272 g/mol. The number of nitrogens with zero attached hydrogens (tertiary/aromatic N) is 2. The second-order valence-corrected chi connectivity index (χ2v) is 4.73. The van der Waals surface area contributed by atoms with E-state index in [0.717, 1.165) is 12.0 Å². The zero-order valence-electron chi connectivity index (χ0n) is 12.5. The number of hydrogen-bond donors (Lipinski definition) is 1. The molecular formula is C15H20N2O4. The quantitative estimate of drug-likeness (QED) is 0.844. The standard InChI is InChI=1S/C15H20N2O4/c1-4-5-11(18)9-14-16-15(17-21-14)10-6-7-12(19-2)13(8-10)20-3/h6-8,11,18H,4-5,9H2,1-3H3. The average Bonchev–Trinajstić information content (AvgIpc) is 2.95. The number of ether oxygens (including phenoxy) is 2. The van der Waals surface area contributed by atoms with Crippen molar-refractivity contribution < 1.29 is 19.1 Å². The molecule has 1 N–H and O–H groups in total. The summed E-state index contributed by atoms with van der Waals surface area (Å²) in [5.41, 5.74) is 0.771. The number of aromatic nitrogens is 2. The molecule has 0 saturated heterocycles. The highest BCUT2D eigenvalue weighted by Gasteiger charge is 2.14. The molecule has 0 spiro atoms. The zero-order chi connectivity index (χ0) is 15.2. The van der Waals surface area contributed by atoms with Crippen LogP contribution in [0.2, 0.25) is 0 Å². The molecule has 2 aromatic rings. The van der Waals surface area contributed by atoms with Gasteiger partial charge in [-0.15, -0.1) is 0 Å². The van der Waals surface area contributed by atoms with Gasteiger partial charge in [0.2, 0.25) is 11.7 Å². The summed E-state index contributed by atoms with van der Waals surface area (Å²) in [6.45, 7) is 2.02. The summed E-state index contributed by atoms with van der Waals surface area (Å²) in [7, 11) is 3.16. The Bertz CT molecular complexity index is 583. The van der Waals surface area contributed by atoms with Gasteiger partial charge in [-0.2, -0.15) is 4.98 Å². The maximum atomic E-state index is 9.77. The first-order valence-corrected chi connectivity index (χ1v) is 6.91. The van der Waals surface area contributed by atoms with Crippen LogP contribution in [0.25, 0.3) is 11.4 Å². The first-order chi connectivity index (χ1) is 10.2. The summed E-state index contributed by atoms with van der Waals surface area (Å²) in [5, 5.41) is 13.7. The summed E-state index contributed by atoms with van der Waals surface area (Å²) in [6.07, 6.45) is 1.55. The second kappa shape index (κ2) is 7.08. The van der Waals surface area contributed by atoms with E-state index in [4.69, 9.17) is 14.0 Å². The highest BCUT2D eigenvalue weighted by molar-refractivity contribution is 5.60. The summed E-state index contributed by atoms with van der Waals surface area (Å²) in [6, 6.07) is 5.41. The Morgan fingerprint density at radius 1 is 1.24 bits per heavy atom. The van der Waals surface area contributed by atoms with Crippen molar-refractivity contribution in [2.24, 2.45) is 0 Å². The molecule has 1 aromatic carbocycles. The van der Waals surface area contributed by atoms with Gasteiger partial charge in [-0.1, -0.05) is 18.5 Å². The van der Waals surface area contributed by atoms with Gasteiger partial charge in [0, 0.05) is 5.56 Å². The molecule has 1 aromatic heterocycles. The Morgan fingerprint density at radius 3 is 2.67 bits per heavy atom. The van der Waals surface area contributed by atoms with Crippen molar-refractivity contribution in [3.05, 3.63) is 24.1 Å². The minimum absolute atomic E-state index is 0.369. The fraction of sp³-hybridized carbons (Fsp3) is 0.467. The van der Waals surface area contributed by atoms with Gasteiger partial charge in [-0.25, -0.2) is 0 Å². The number of methoxy groups -OCH3 is 2. The van der Waals surface area contributed by atoms with Gasteiger partial charge in [0.25, 0.3) is 0 Å². The molecule has 0 fully saturated rings. The first kappa shape index (κ1) is 15.3. The number of rotatable bonds is 7. The van der Waals surface area contributed by atoms with E-state index >= 15 is 0 Å². The van der Waals surface area contributed by atoms with Crippen LogP contribution >= 0.6 is 0 Å². The van der Waals surface area contributed by atoms with Gasteiger partial charge in [-0.05, 0) is 24.6 Å². The van der Waals surface area contributed by atoms with E-state index in [-0.39, 0.29) is 0 Å². The molecule has 1 unspecified atom stereocenters. The van der Waals surface area contributed by atoms with Crippen LogP contribution in [0.15, 0.2) is 22.7 Å². The number of aliphatic hydroxyl groups is 1. The van der Waals surface area contributed by atoms with Gasteiger partial charge in [0.15, 0.2) is 11.5 Å². The van der Waals surface area contributed by atoms with E-state index in [0.29, 0.717) is 36.1 Å². The predicted molar refractivity (Wildman–Crippen MR) is 77.5 cm³/mol. The van der Waals surface area contributed by atoms with Crippen LogP contribution in [0.3, 0.4) is 0 Å². The largest absolute Gasteiger partial charge is 0.493 e. The SMILES string of the molecule is CCCC(O)Cc1nc(-c2ccc(OC)c(OC)c2)no1. The number of hydrogen-bond acceptors (Lipinski definition) is 6. The minimum atomic E-state index is -0.450. The third-order valence-corrected chi connectivity index (χ3v) is 3.14. The molecule has 2 rings (SSSR count). The zero-order valence-corrected chi connectivity index (χ0v) is 12.5. The van der Waals surface area contributed by atoms with Crippen molar-refractivity contribution in [2.75, 3.05) is 14.2 Å². The molecule has 1 atom stereocenters. The average molecular weight is 292 g/mol. The van der Waals surface area contributed by atoms with Gasteiger partial charge in [0.05, 0.1) is 26.7 Å². The van der Waals surface area contributed by atoms with E-state index in [1.807, 2.05) is 13.0 Å². The van der Waals surface area contributed by atoms with E-state index in [1.54, 1.807) is 26.4 Å². The molecule has 0 amide bonds. The van der Waals surface area contributed by atoms with Crippen molar-refractivity contribution in [3.8, 4) is 22.9 Å². The van der Waals surface area contributed by atoms with Crippen LogP contribution < -0.4 is 9.47 Å². The smallest absolute Gasteiger partial charge is 0.229 e. The fourth-order valence-corrected chi connectivity index (χ4v) is 2.07. The Morgan fingerprint density at radius 2 is 2.00 bits per heavy atom. The monoisotopic (exact) mass is 292 g/mol. The van der Waals surface area contributed by atoms with Crippen molar-refractivity contribution in [1.82, 2.24) is 10.1 Å². The lowest BCUT2D eigenvalue weighted by molar-refractivity contribution is 0.152. The highest BCUT2D eigenvalue weighted by Crippen LogP contribution is 2.31. The molecule has 6 nitrogen and oxygen atoms in total. The normalized spacial score (nSPS) is 12.2. The van der Waals surface area contributed by atoms with E-state index in [1.165, 1.54) is 0 Å². The van der Waals surface area contributed by atoms with Crippen LogP contribution in [0.5, 0.6) is 11.5 Å². The molecule has 0 aliphatic heterocycles. The molecule has 0 aliphatic carbocycles. The summed E-state index contributed by atoms with van der Waals surface area (Å²) in [5.74, 6) is 2.14. The van der Waals surface area contributed by atoms with Crippen LogP contribution in [0.4, 0.5) is 0 Å². The Balaban J connectivity index is 2.17. The highest BCUT2D eigenvalue weighted by atomic mass is 16.5. The van der Waals surface area contributed by atoms with Crippen LogP contribution in [-0.2, 0) is 6.42 Å².